The van der Waals surface area contributed by atoms with E-state index in [0.717, 1.165) is 28.3 Å². The third kappa shape index (κ3) is 10.4. The molecule has 316 valence electrons. The first-order valence-electron chi connectivity index (χ1n) is 19.5. The number of unbranched alkanes of at least 4 members (excludes halogenated alkanes) is 2. The van der Waals surface area contributed by atoms with E-state index in [1.54, 1.807) is 12.1 Å². The summed E-state index contributed by atoms with van der Waals surface area (Å²) in [4.78, 5) is 44.5. The van der Waals surface area contributed by atoms with Crippen molar-refractivity contribution in [3.05, 3.63) is 83.6 Å². The smallest absolute Gasteiger partial charge is 0.333 e. The molecular weight excluding hydrogens is 785 g/mol. The van der Waals surface area contributed by atoms with Crippen molar-refractivity contribution in [2.45, 2.75) is 108 Å². The zero-order valence-corrected chi connectivity index (χ0v) is 36.2. The molecule has 0 N–H and O–H groups in total. The van der Waals surface area contributed by atoms with Crippen molar-refractivity contribution in [1.29, 1.82) is 0 Å². The van der Waals surface area contributed by atoms with Crippen LogP contribution >= 0.6 is 0 Å². The Labute approximate surface area is 343 Å². The fourth-order valence-corrected chi connectivity index (χ4v) is 8.57. The molecule has 0 spiro atoms. The minimum atomic E-state index is -4.69. The van der Waals surface area contributed by atoms with E-state index in [4.69, 9.17) is 4.84 Å². The zero-order chi connectivity index (χ0) is 43.2. The van der Waals surface area contributed by atoms with Gasteiger partial charge in [-0.1, -0.05) is 59.3 Å². The second kappa shape index (κ2) is 18.6. The van der Waals surface area contributed by atoms with Crippen LogP contribution in [0, 0.1) is 0 Å². The molecule has 0 radical (unpaired) electrons. The number of anilines is 1. The van der Waals surface area contributed by atoms with Gasteiger partial charge in [-0.05, 0) is 88.3 Å². The number of rotatable bonds is 15. The minimum Gasteiger partial charge on any atom is -0.744 e. The quantitative estimate of drug-likeness (QED) is 0.0690. The van der Waals surface area contributed by atoms with E-state index in [1.807, 2.05) is 69.7 Å². The number of imide groups is 1. The van der Waals surface area contributed by atoms with E-state index in [9.17, 15) is 40.3 Å². The van der Waals surface area contributed by atoms with Crippen LogP contribution in [-0.4, -0.2) is 97.2 Å². The van der Waals surface area contributed by atoms with E-state index in [1.165, 1.54) is 43.9 Å². The van der Waals surface area contributed by atoms with Gasteiger partial charge in [-0.3, -0.25) is 9.59 Å². The number of hydroxylamine groups is 2. The van der Waals surface area contributed by atoms with Crippen LogP contribution in [0.5, 0.6) is 0 Å². The van der Waals surface area contributed by atoms with Gasteiger partial charge in [0.2, 0.25) is 5.69 Å². The Morgan fingerprint density at radius 2 is 1.38 bits per heavy atom. The van der Waals surface area contributed by atoms with Gasteiger partial charge in [-0.25, -0.2) is 21.6 Å². The highest BCUT2D eigenvalue weighted by molar-refractivity contribution is 7.86. The van der Waals surface area contributed by atoms with Gasteiger partial charge < -0.3 is 23.7 Å². The summed E-state index contributed by atoms with van der Waals surface area (Å²) in [5, 5.41) is 0.534. The lowest BCUT2D eigenvalue weighted by atomic mass is 9.81. The summed E-state index contributed by atoms with van der Waals surface area (Å²) in [5.41, 5.74) is 3.45. The number of hydrogen-bond donors (Lipinski definition) is 0. The molecule has 0 atom stereocenters. The van der Waals surface area contributed by atoms with Gasteiger partial charge in [-0.15, -0.1) is 5.06 Å². The predicted molar refractivity (Wildman–Crippen MR) is 219 cm³/mol. The van der Waals surface area contributed by atoms with Crippen LogP contribution in [0.25, 0.3) is 0 Å². The van der Waals surface area contributed by atoms with Crippen molar-refractivity contribution < 1.29 is 49.7 Å². The minimum absolute atomic E-state index is 0.0219. The van der Waals surface area contributed by atoms with Crippen LogP contribution in [0.2, 0.25) is 0 Å². The first-order valence-corrected chi connectivity index (χ1v) is 22.3. The predicted octanol–water partition coefficient (Wildman–Crippen LogP) is 5.81. The van der Waals surface area contributed by atoms with Crippen molar-refractivity contribution >= 4 is 55.1 Å². The van der Waals surface area contributed by atoms with E-state index in [0.29, 0.717) is 36.4 Å². The number of allylic oxidation sites excluding steroid dienone is 6. The van der Waals surface area contributed by atoms with E-state index >= 15 is 0 Å². The van der Waals surface area contributed by atoms with Gasteiger partial charge in [0.15, 0.2) is 5.71 Å². The molecule has 0 bridgehead atoms. The van der Waals surface area contributed by atoms with Crippen molar-refractivity contribution in [1.82, 2.24) is 9.96 Å². The van der Waals surface area contributed by atoms with Gasteiger partial charge >= 0.3 is 5.97 Å². The second-order valence-corrected chi connectivity index (χ2v) is 18.1. The van der Waals surface area contributed by atoms with E-state index in [2.05, 4.69) is 30.6 Å². The zero-order valence-electron chi connectivity index (χ0n) is 34.6. The van der Waals surface area contributed by atoms with Crippen LogP contribution < -0.4 is 4.90 Å². The van der Waals surface area contributed by atoms with Crippen molar-refractivity contribution in [2.24, 2.45) is 0 Å². The number of carbonyl (C=O) groups excluding carboxylic acids is 3. The molecule has 2 amide bonds. The van der Waals surface area contributed by atoms with Crippen LogP contribution in [0.3, 0.4) is 0 Å². The van der Waals surface area contributed by atoms with Gasteiger partial charge in [0.1, 0.15) is 27.3 Å². The summed E-state index contributed by atoms with van der Waals surface area (Å²) in [6.45, 7) is 18.4. The molecule has 0 unspecified atom stereocenters. The number of amides is 2. The molecule has 0 aliphatic carbocycles. The largest absolute Gasteiger partial charge is 0.744 e. The van der Waals surface area contributed by atoms with Crippen LogP contribution in [0.1, 0.15) is 98.1 Å². The summed E-state index contributed by atoms with van der Waals surface area (Å²) in [7, 11) is -7.42. The van der Waals surface area contributed by atoms with Crippen LogP contribution in [-0.2, 0) is 50.3 Å². The third-order valence-corrected chi connectivity index (χ3v) is 12.6. The van der Waals surface area contributed by atoms with Crippen molar-refractivity contribution in [3.63, 3.8) is 0 Å². The average molecular weight is 840 g/mol. The van der Waals surface area contributed by atoms with Gasteiger partial charge in [0.25, 0.3) is 11.8 Å². The Bertz CT molecular complexity index is 2230. The molecule has 14 nitrogen and oxygen atoms in total. The SMILES string of the molecule is CCN(CC)CC.C[N+]1=C(/C=C/C=C/C=C2\N(CCCCCC(=O)ON3C(=O)CCC3=O)c3ccc(S(=O)(=O)[O-])cc3C2(C)C)C(C)(C)c2cc(S(=O)(=O)[O-])ccc21. The highest BCUT2D eigenvalue weighted by Crippen LogP contribution is 2.48. The summed E-state index contributed by atoms with van der Waals surface area (Å²) in [6.07, 6.45) is 11.2. The van der Waals surface area contributed by atoms with Crippen molar-refractivity contribution in [3.8, 4) is 0 Å². The Hall–Kier alpha value is -4.48. The average Bonchev–Trinajstić information content (AvgIpc) is 3.66. The Kier molecular flexibility index (Phi) is 14.8. The number of hydrogen-bond acceptors (Lipinski definition) is 12. The molecule has 1 fully saturated rings. The molecule has 0 aromatic heterocycles. The first kappa shape index (κ1) is 46.2. The summed E-state index contributed by atoms with van der Waals surface area (Å²) in [6, 6.07) is 8.72. The maximum Gasteiger partial charge on any atom is 0.333 e. The summed E-state index contributed by atoms with van der Waals surface area (Å²) in [5.74, 6) is -1.73. The third-order valence-electron chi connectivity index (χ3n) is 11.0. The molecule has 0 saturated carbocycles. The fraction of sp³-hybridized carbons (Fsp3) is 0.476. The molecule has 16 heteroatoms. The van der Waals surface area contributed by atoms with Crippen molar-refractivity contribution in [2.75, 3.05) is 38.1 Å². The van der Waals surface area contributed by atoms with Crippen LogP contribution in [0.15, 0.2) is 82.3 Å². The molecule has 1 saturated heterocycles. The number of benzene rings is 2. The normalized spacial score (nSPS) is 18.2. The van der Waals surface area contributed by atoms with Gasteiger partial charge in [0.05, 0.1) is 15.2 Å². The standard InChI is InChI=1S/C36H41N3O10S2.C6H15N/c1-35(2)26-22-24(50(43,44)45)15-17-28(26)37(5)30(35)12-8-6-9-13-31-36(3,4)27-23-25(51(46,47)48)16-18-29(27)38(31)21-11-7-10-14-34(42)49-39-32(40)19-20-33(39)41;1-4-7(5-2)6-3/h6,8-9,12-13,15-18,22-23H,7,10-11,14,19-21H2,1-5H3,(H-,43,44,45,46,47,48);4-6H2,1-3H3/p-1. The first-order chi connectivity index (χ1) is 27.1. The maximum atomic E-state index is 12.2. The highest BCUT2D eigenvalue weighted by Gasteiger charge is 2.43. The molecule has 58 heavy (non-hydrogen) atoms. The molecule has 2 aromatic carbocycles. The lowest BCUT2D eigenvalue weighted by Gasteiger charge is -2.27. The number of carbonyl (C=O) groups is 3. The van der Waals surface area contributed by atoms with Crippen LogP contribution in [0.4, 0.5) is 11.4 Å². The molecule has 2 aromatic rings. The molecular formula is C42H55N4O10S2-. The summed E-state index contributed by atoms with van der Waals surface area (Å²) >= 11 is 0. The van der Waals surface area contributed by atoms with Gasteiger partial charge in [-0.2, -0.15) is 4.58 Å². The lowest BCUT2D eigenvalue weighted by molar-refractivity contribution is -0.401. The van der Waals surface area contributed by atoms with Gasteiger partial charge in [0, 0.05) is 60.3 Å². The monoisotopic (exact) mass is 839 g/mol. The maximum absolute atomic E-state index is 12.2. The molecule has 3 aliphatic rings. The lowest BCUT2D eigenvalue weighted by Crippen LogP contribution is -2.32. The molecule has 3 aliphatic heterocycles. The Morgan fingerprint density at radius 1 is 0.810 bits per heavy atom. The highest BCUT2D eigenvalue weighted by atomic mass is 32.2. The Balaban J connectivity index is 0.000000973. The number of fused-ring (bicyclic) bond motifs is 2. The van der Waals surface area contributed by atoms with E-state index in [-0.39, 0.29) is 29.1 Å². The van der Waals surface area contributed by atoms with E-state index < -0.39 is 48.8 Å². The molecule has 5 rings (SSSR count). The number of nitrogens with zero attached hydrogens (tertiary/aromatic N) is 4. The second-order valence-electron chi connectivity index (χ2n) is 15.4. The molecule has 3 heterocycles. The Morgan fingerprint density at radius 3 is 1.93 bits per heavy atom. The fourth-order valence-electron chi connectivity index (χ4n) is 7.57. The summed E-state index contributed by atoms with van der Waals surface area (Å²) < 4.78 is 72.6. The topological polar surface area (TPSA) is 188 Å².